The molecule has 0 unspecified atom stereocenters. The first-order chi connectivity index (χ1) is 15.1. The summed E-state index contributed by atoms with van der Waals surface area (Å²) in [7, 11) is 0. The number of alkyl halides is 3. The molecule has 0 radical (unpaired) electrons. The number of fused-ring (bicyclic) bond motifs is 1. The number of hydrogen-bond donors (Lipinski definition) is 0. The summed E-state index contributed by atoms with van der Waals surface area (Å²) in [5, 5.41) is 0. The Morgan fingerprint density at radius 1 is 0.969 bits per heavy atom. The highest BCUT2D eigenvalue weighted by Gasteiger charge is 2.35. The summed E-state index contributed by atoms with van der Waals surface area (Å²) in [5.74, 6) is 1.10. The fourth-order valence-electron chi connectivity index (χ4n) is 2.54. The lowest BCUT2D eigenvalue weighted by atomic mass is 9.99. The number of rotatable bonds is 3. The lowest BCUT2D eigenvalue weighted by molar-refractivity contribution is -0.113. The van der Waals surface area contributed by atoms with Crippen LogP contribution in [0, 0.1) is 13.8 Å². The van der Waals surface area contributed by atoms with Gasteiger partial charge in [-0.05, 0) is 74.1 Å². The second-order valence-corrected chi connectivity index (χ2v) is 7.08. The molecular formula is C25H33F3O3S. The van der Waals surface area contributed by atoms with Crippen LogP contribution in [0.15, 0.2) is 47.4 Å². The first-order valence-electron chi connectivity index (χ1n) is 10.4. The quantitative estimate of drug-likeness (QED) is 0.336. The van der Waals surface area contributed by atoms with Crippen LogP contribution < -0.4 is 9.47 Å². The van der Waals surface area contributed by atoms with Gasteiger partial charge in [0.25, 0.3) is 0 Å². The second kappa shape index (κ2) is 14.6. The molecule has 7 heteroatoms. The van der Waals surface area contributed by atoms with Crippen LogP contribution >= 0.6 is 11.8 Å². The van der Waals surface area contributed by atoms with Crippen LogP contribution in [-0.4, -0.2) is 25.0 Å². The lowest BCUT2D eigenvalue weighted by Crippen LogP contribution is -2.13. The van der Waals surface area contributed by atoms with E-state index in [1.807, 2.05) is 52.8 Å². The number of carbonyl (C=O) groups is 1. The summed E-state index contributed by atoms with van der Waals surface area (Å²) in [4.78, 5) is 11.7. The molecule has 0 N–H and O–H groups in total. The Morgan fingerprint density at radius 3 is 2.09 bits per heavy atom. The van der Waals surface area contributed by atoms with Gasteiger partial charge in [-0.3, -0.25) is 4.79 Å². The average Bonchev–Trinajstić information content (AvgIpc) is 3.23. The molecule has 0 saturated carbocycles. The highest BCUT2D eigenvalue weighted by molar-refractivity contribution is 7.98. The number of carbonyl (C=O) groups excluding carboxylic acids is 1. The number of benzene rings is 2. The van der Waals surface area contributed by atoms with E-state index in [4.69, 9.17) is 9.47 Å². The van der Waals surface area contributed by atoms with Crippen molar-refractivity contribution in [1.29, 1.82) is 0 Å². The molecule has 3 nitrogen and oxygen atoms in total. The van der Waals surface area contributed by atoms with Gasteiger partial charge < -0.3 is 9.47 Å². The molecule has 0 aromatic heterocycles. The Hall–Kier alpha value is -2.41. The molecule has 3 rings (SSSR count). The van der Waals surface area contributed by atoms with E-state index in [1.165, 1.54) is 23.4 Å². The van der Waals surface area contributed by atoms with Crippen molar-refractivity contribution < 1.29 is 27.4 Å². The molecule has 0 fully saturated rings. The van der Waals surface area contributed by atoms with Crippen molar-refractivity contribution in [3.05, 3.63) is 59.2 Å². The fourth-order valence-corrected chi connectivity index (χ4v) is 2.98. The topological polar surface area (TPSA) is 35.5 Å². The number of hydrogen-bond acceptors (Lipinski definition) is 4. The standard InChI is InChI=1S/C13H13F3OS.C8H8O2.2C2H6/c1-8-4-5-10(18-3)7-11(8)12(6-9(2)17)13(14,15)16;1-6-2-3-7-8(4-6)10-5-9-7;2*1-2/h4-7H,1-3H3;2-4H,5H2,1H3;2*1-2H3/b12-6+;;;. The molecule has 1 aliphatic rings. The van der Waals surface area contributed by atoms with Gasteiger partial charge in [-0.15, -0.1) is 11.8 Å². The van der Waals surface area contributed by atoms with Crippen LogP contribution in [0.25, 0.3) is 5.57 Å². The van der Waals surface area contributed by atoms with Gasteiger partial charge in [0.2, 0.25) is 6.79 Å². The minimum atomic E-state index is -4.53. The molecule has 0 atom stereocenters. The SMILES string of the molecule is CC.CC.CSc1ccc(C)c(/C(=C\C(C)=O)C(F)(F)F)c1.Cc1ccc2c(c1)OCO2. The Labute approximate surface area is 194 Å². The number of allylic oxidation sites excluding steroid dienone is 2. The zero-order valence-electron chi connectivity index (χ0n) is 20.0. The maximum absolute atomic E-state index is 13.0. The summed E-state index contributed by atoms with van der Waals surface area (Å²) in [5.41, 5.74) is 0.870. The number of ketones is 1. The highest BCUT2D eigenvalue weighted by atomic mass is 32.2. The maximum atomic E-state index is 13.0. The molecule has 0 saturated heterocycles. The predicted octanol–water partition coefficient (Wildman–Crippen LogP) is 8.03. The van der Waals surface area contributed by atoms with E-state index in [0.717, 1.165) is 23.3 Å². The Kier molecular flexibility index (Phi) is 13.5. The van der Waals surface area contributed by atoms with E-state index in [2.05, 4.69) is 0 Å². The summed E-state index contributed by atoms with van der Waals surface area (Å²) in [6.45, 7) is 13.1. The van der Waals surface area contributed by atoms with Crippen LogP contribution in [-0.2, 0) is 4.79 Å². The van der Waals surface area contributed by atoms with Crippen LogP contribution in [0.1, 0.15) is 51.3 Å². The monoisotopic (exact) mass is 470 g/mol. The molecule has 32 heavy (non-hydrogen) atoms. The van der Waals surface area contributed by atoms with E-state index >= 15 is 0 Å². The van der Waals surface area contributed by atoms with Crippen molar-refractivity contribution in [3.8, 4) is 11.5 Å². The van der Waals surface area contributed by atoms with Crippen LogP contribution in [0.3, 0.4) is 0 Å². The molecule has 0 spiro atoms. The zero-order chi connectivity index (χ0) is 24.9. The van der Waals surface area contributed by atoms with E-state index < -0.39 is 17.5 Å². The van der Waals surface area contributed by atoms with E-state index in [-0.39, 0.29) is 5.56 Å². The Morgan fingerprint density at radius 2 is 1.56 bits per heavy atom. The largest absolute Gasteiger partial charge is 0.454 e. The molecule has 2 aromatic rings. The molecule has 1 heterocycles. The van der Waals surface area contributed by atoms with Crippen LogP contribution in [0.5, 0.6) is 11.5 Å². The van der Waals surface area contributed by atoms with Crippen molar-refractivity contribution in [2.75, 3.05) is 13.0 Å². The van der Waals surface area contributed by atoms with Gasteiger partial charge in [0.15, 0.2) is 17.3 Å². The smallest absolute Gasteiger partial charge is 0.417 e. The normalized spacial score (nSPS) is 11.8. The van der Waals surface area contributed by atoms with Gasteiger partial charge in [-0.1, -0.05) is 39.8 Å². The Bertz CT molecular complexity index is 890. The summed E-state index contributed by atoms with van der Waals surface area (Å²) in [6, 6.07) is 10.8. The third kappa shape index (κ3) is 9.39. The van der Waals surface area contributed by atoms with Crippen molar-refractivity contribution in [2.24, 2.45) is 0 Å². The van der Waals surface area contributed by atoms with Crippen molar-refractivity contribution >= 4 is 23.1 Å². The van der Waals surface area contributed by atoms with E-state index in [0.29, 0.717) is 18.4 Å². The van der Waals surface area contributed by atoms with Gasteiger partial charge >= 0.3 is 6.18 Å². The summed E-state index contributed by atoms with van der Waals surface area (Å²) >= 11 is 1.36. The summed E-state index contributed by atoms with van der Waals surface area (Å²) in [6.07, 6.45) is -2.10. The Balaban J connectivity index is 0.000000574. The molecule has 1 aliphatic heterocycles. The first-order valence-corrected chi connectivity index (χ1v) is 11.6. The number of aryl methyl sites for hydroxylation is 2. The zero-order valence-corrected chi connectivity index (χ0v) is 20.8. The van der Waals surface area contributed by atoms with Gasteiger partial charge in [-0.25, -0.2) is 0 Å². The first kappa shape index (κ1) is 29.6. The van der Waals surface area contributed by atoms with E-state index in [9.17, 15) is 18.0 Å². The minimum absolute atomic E-state index is 0.0598. The molecule has 0 aliphatic carbocycles. The van der Waals surface area contributed by atoms with Gasteiger partial charge in [0.1, 0.15) is 0 Å². The summed E-state index contributed by atoms with van der Waals surface area (Å²) < 4.78 is 49.2. The van der Waals surface area contributed by atoms with Crippen molar-refractivity contribution in [1.82, 2.24) is 0 Å². The van der Waals surface area contributed by atoms with Crippen molar-refractivity contribution in [3.63, 3.8) is 0 Å². The van der Waals surface area contributed by atoms with Gasteiger partial charge in [0, 0.05) is 4.90 Å². The average molecular weight is 471 g/mol. The molecule has 0 bridgehead atoms. The molecular weight excluding hydrogens is 437 g/mol. The van der Waals surface area contributed by atoms with Crippen LogP contribution in [0.4, 0.5) is 13.2 Å². The highest BCUT2D eigenvalue weighted by Crippen LogP contribution is 2.36. The van der Waals surface area contributed by atoms with Gasteiger partial charge in [-0.2, -0.15) is 13.2 Å². The molecule has 178 valence electrons. The number of ether oxygens (including phenoxy) is 2. The predicted molar refractivity (Wildman–Crippen MR) is 128 cm³/mol. The van der Waals surface area contributed by atoms with Crippen molar-refractivity contribution in [2.45, 2.75) is 59.5 Å². The third-order valence-electron chi connectivity index (χ3n) is 3.92. The van der Waals surface area contributed by atoms with E-state index in [1.54, 1.807) is 25.3 Å². The fraction of sp³-hybridized carbons (Fsp3) is 0.400. The molecule has 0 amide bonds. The number of thioether (sulfide) groups is 1. The third-order valence-corrected chi connectivity index (χ3v) is 4.64. The van der Waals surface area contributed by atoms with Crippen LogP contribution in [0.2, 0.25) is 0 Å². The molecule has 2 aromatic carbocycles. The number of halogens is 3. The minimum Gasteiger partial charge on any atom is -0.454 e. The maximum Gasteiger partial charge on any atom is 0.417 e. The lowest BCUT2D eigenvalue weighted by Gasteiger charge is -2.15. The second-order valence-electron chi connectivity index (χ2n) is 6.20. The van der Waals surface area contributed by atoms with Gasteiger partial charge in [0.05, 0.1) is 5.57 Å².